The molecular formula is C12H19BFNO3. The van der Waals surface area contributed by atoms with E-state index in [0.29, 0.717) is 18.7 Å². The molecule has 1 rings (SSSR count). The van der Waals surface area contributed by atoms with Crippen molar-refractivity contribution in [3.05, 3.63) is 29.6 Å². The highest BCUT2D eigenvalue weighted by Gasteiger charge is 2.15. The van der Waals surface area contributed by atoms with Gasteiger partial charge in [0, 0.05) is 19.7 Å². The summed E-state index contributed by atoms with van der Waals surface area (Å²) in [6.07, 6.45) is 0. The van der Waals surface area contributed by atoms with Crippen LogP contribution in [0.1, 0.15) is 12.5 Å². The molecule has 0 spiro atoms. The highest BCUT2D eigenvalue weighted by molar-refractivity contribution is 6.58. The van der Waals surface area contributed by atoms with E-state index in [9.17, 15) is 4.39 Å². The van der Waals surface area contributed by atoms with Gasteiger partial charge in [0.15, 0.2) is 0 Å². The summed E-state index contributed by atoms with van der Waals surface area (Å²) in [4.78, 5) is 2.01. The minimum atomic E-state index is -1.65. The molecule has 0 heterocycles. The Morgan fingerprint density at radius 3 is 2.61 bits per heavy atom. The first-order valence-electron chi connectivity index (χ1n) is 5.78. The minimum Gasteiger partial charge on any atom is -0.423 e. The van der Waals surface area contributed by atoms with Crippen molar-refractivity contribution in [2.24, 2.45) is 0 Å². The zero-order chi connectivity index (χ0) is 13.7. The zero-order valence-corrected chi connectivity index (χ0v) is 10.9. The zero-order valence-electron chi connectivity index (χ0n) is 10.9. The number of rotatable bonds is 6. The Kier molecular flexibility index (Phi) is 5.75. The van der Waals surface area contributed by atoms with Gasteiger partial charge in [-0.05, 0) is 37.1 Å². The molecule has 0 fully saturated rings. The summed E-state index contributed by atoms with van der Waals surface area (Å²) in [6, 6.07) is 4.29. The molecule has 0 radical (unpaired) electrons. The number of hydrogen-bond acceptors (Lipinski definition) is 4. The Labute approximate surface area is 107 Å². The molecule has 4 nitrogen and oxygen atoms in total. The van der Waals surface area contributed by atoms with E-state index >= 15 is 0 Å². The van der Waals surface area contributed by atoms with E-state index in [4.69, 9.17) is 14.8 Å². The SMILES string of the molecule is COCC(C)N(C)Cc1cc(F)cc(B(O)O)c1. The van der Waals surface area contributed by atoms with E-state index in [1.807, 2.05) is 18.9 Å². The van der Waals surface area contributed by atoms with E-state index in [1.54, 1.807) is 13.2 Å². The van der Waals surface area contributed by atoms with Crippen LogP contribution in [-0.4, -0.2) is 48.9 Å². The Morgan fingerprint density at radius 2 is 2.06 bits per heavy atom. The van der Waals surface area contributed by atoms with Crippen molar-refractivity contribution in [2.45, 2.75) is 19.5 Å². The molecule has 0 aliphatic carbocycles. The van der Waals surface area contributed by atoms with E-state index in [0.717, 1.165) is 6.07 Å². The summed E-state index contributed by atoms with van der Waals surface area (Å²) in [5.74, 6) is -0.469. The molecular weight excluding hydrogens is 236 g/mol. The largest absolute Gasteiger partial charge is 0.488 e. The average molecular weight is 255 g/mol. The average Bonchev–Trinajstić information content (AvgIpc) is 2.28. The van der Waals surface area contributed by atoms with Gasteiger partial charge in [-0.1, -0.05) is 6.07 Å². The normalized spacial score (nSPS) is 12.8. The summed E-state index contributed by atoms with van der Waals surface area (Å²) in [5, 5.41) is 18.1. The number of likely N-dealkylation sites (N-methyl/N-ethyl adjacent to an activating group) is 1. The van der Waals surface area contributed by atoms with Crippen molar-refractivity contribution in [2.75, 3.05) is 20.8 Å². The van der Waals surface area contributed by atoms with Crippen LogP contribution < -0.4 is 5.46 Å². The fraction of sp³-hybridized carbons (Fsp3) is 0.500. The smallest absolute Gasteiger partial charge is 0.423 e. The molecule has 18 heavy (non-hydrogen) atoms. The molecule has 1 aromatic carbocycles. The highest BCUT2D eigenvalue weighted by atomic mass is 19.1. The second-order valence-corrected chi connectivity index (χ2v) is 4.49. The Morgan fingerprint density at radius 1 is 1.39 bits per heavy atom. The quantitative estimate of drug-likeness (QED) is 0.701. The van der Waals surface area contributed by atoms with E-state index < -0.39 is 12.9 Å². The summed E-state index contributed by atoms with van der Waals surface area (Å²) < 4.78 is 18.4. The van der Waals surface area contributed by atoms with Gasteiger partial charge in [0.2, 0.25) is 0 Å². The fourth-order valence-corrected chi connectivity index (χ4v) is 1.73. The minimum absolute atomic E-state index is 0.165. The van der Waals surface area contributed by atoms with Crippen LogP contribution in [0.15, 0.2) is 18.2 Å². The lowest BCUT2D eigenvalue weighted by molar-refractivity contribution is 0.112. The maximum atomic E-state index is 13.3. The lowest BCUT2D eigenvalue weighted by atomic mass is 9.79. The van der Waals surface area contributed by atoms with Crippen molar-refractivity contribution in [3.63, 3.8) is 0 Å². The molecule has 0 aromatic heterocycles. The van der Waals surface area contributed by atoms with Crippen molar-refractivity contribution in [1.29, 1.82) is 0 Å². The Hall–Kier alpha value is -0.945. The third-order valence-electron chi connectivity index (χ3n) is 2.87. The molecule has 6 heteroatoms. The van der Waals surface area contributed by atoms with Gasteiger partial charge in [0.05, 0.1) is 6.61 Å². The molecule has 0 aliphatic heterocycles. The molecule has 1 atom stereocenters. The van der Waals surface area contributed by atoms with Gasteiger partial charge in [0.25, 0.3) is 0 Å². The van der Waals surface area contributed by atoms with Crippen LogP contribution in [0, 0.1) is 5.82 Å². The summed E-state index contributed by atoms with van der Waals surface area (Å²) >= 11 is 0. The molecule has 100 valence electrons. The van der Waals surface area contributed by atoms with Crippen LogP contribution in [0.25, 0.3) is 0 Å². The van der Waals surface area contributed by atoms with Crippen LogP contribution >= 0.6 is 0 Å². The number of halogens is 1. The number of methoxy groups -OCH3 is 1. The van der Waals surface area contributed by atoms with Crippen molar-refractivity contribution < 1.29 is 19.2 Å². The molecule has 0 amide bonds. The Balaban J connectivity index is 2.77. The number of nitrogens with zero attached hydrogens (tertiary/aromatic N) is 1. The number of benzene rings is 1. The monoisotopic (exact) mass is 255 g/mol. The molecule has 2 N–H and O–H groups in total. The number of hydrogen-bond donors (Lipinski definition) is 2. The fourth-order valence-electron chi connectivity index (χ4n) is 1.73. The first-order chi connectivity index (χ1) is 8.43. The van der Waals surface area contributed by atoms with Gasteiger partial charge < -0.3 is 14.8 Å². The third-order valence-corrected chi connectivity index (χ3v) is 2.87. The summed E-state index contributed by atoms with van der Waals surface area (Å²) in [7, 11) is 1.89. The molecule has 0 saturated carbocycles. The Bertz CT molecular complexity index is 390. The standard InChI is InChI=1S/C12H19BFNO3/c1-9(8-18-3)15(2)7-10-4-11(13(16)17)6-12(14)5-10/h4-6,9,16-17H,7-8H2,1-3H3. The lowest BCUT2D eigenvalue weighted by Crippen LogP contribution is -2.34. The predicted molar refractivity (Wildman–Crippen MR) is 69.0 cm³/mol. The molecule has 1 unspecified atom stereocenters. The summed E-state index contributed by atoms with van der Waals surface area (Å²) in [5.41, 5.74) is 0.862. The number of ether oxygens (including phenoxy) is 1. The van der Waals surface area contributed by atoms with Crippen molar-refractivity contribution >= 4 is 12.6 Å². The van der Waals surface area contributed by atoms with Gasteiger partial charge in [-0.2, -0.15) is 0 Å². The molecule has 0 bridgehead atoms. The third kappa shape index (κ3) is 4.38. The van der Waals surface area contributed by atoms with E-state index in [-0.39, 0.29) is 11.5 Å². The predicted octanol–water partition coefficient (Wildman–Crippen LogP) is -0.0278. The summed E-state index contributed by atoms with van der Waals surface area (Å²) in [6.45, 7) is 3.11. The van der Waals surface area contributed by atoms with Crippen LogP contribution in [0.2, 0.25) is 0 Å². The molecule has 0 aliphatic rings. The van der Waals surface area contributed by atoms with Crippen LogP contribution in [0.5, 0.6) is 0 Å². The van der Waals surface area contributed by atoms with Crippen LogP contribution in [0.3, 0.4) is 0 Å². The van der Waals surface area contributed by atoms with Crippen molar-refractivity contribution in [3.8, 4) is 0 Å². The van der Waals surface area contributed by atoms with E-state index in [2.05, 4.69) is 0 Å². The first-order valence-corrected chi connectivity index (χ1v) is 5.78. The molecule has 0 saturated heterocycles. The van der Waals surface area contributed by atoms with Gasteiger partial charge in [-0.15, -0.1) is 0 Å². The van der Waals surface area contributed by atoms with Gasteiger partial charge in [-0.25, -0.2) is 4.39 Å². The second-order valence-electron chi connectivity index (χ2n) is 4.49. The second kappa shape index (κ2) is 6.85. The van der Waals surface area contributed by atoms with Crippen LogP contribution in [-0.2, 0) is 11.3 Å². The van der Waals surface area contributed by atoms with E-state index in [1.165, 1.54) is 6.07 Å². The van der Waals surface area contributed by atoms with Gasteiger partial charge in [0.1, 0.15) is 5.82 Å². The van der Waals surface area contributed by atoms with Gasteiger partial charge in [-0.3, -0.25) is 4.90 Å². The maximum Gasteiger partial charge on any atom is 0.488 e. The van der Waals surface area contributed by atoms with Crippen molar-refractivity contribution in [1.82, 2.24) is 4.90 Å². The molecule has 1 aromatic rings. The first kappa shape index (κ1) is 15.1. The van der Waals surface area contributed by atoms with Crippen LogP contribution in [0.4, 0.5) is 4.39 Å². The topological polar surface area (TPSA) is 52.9 Å². The lowest BCUT2D eigenvalue weighted by Gasteiger charge is -2.24. The highest BCUT2D eigenvalue weighted by Crippen LogP contribution is 2.08. The maximum absolute atomic E-state index is 13.3. The van der Waals surface area contributed by atoms with Gasteiger partial charge >= 0.3 is 7.12 Å².